The third-order valence-corrected chi connectivity index (χ3v) is 1.94. The van der Waals surface area contributed by atoms with Gasteiger partial charge in [0.15, 0.2) is 0 Å². The molecule has 1 rings (SSSR count). The Kier molecular flexibility index (Phi) is 3.46. The van der Waals surface area contributed by atoms with Crippen LogP contribution < -0.4 is 0 Å². The molecule has 4 nitrogen and oxygen atoms in total. The van der Waals surface area contributed by atoms with Crippen molar-refractivity contribution in [3.63, 3.8) is 0 Å². The van der Waals surface area contributed by atoms with Crippen molar-refractivity contribution in [2.24, 2.45) is 0 Å². The van der Waals surface area contributed by atoms with Crippen LogP contribution >= 0.6 is 11.6 Å². The lowest BCUT2D eigenvalue weighted by Gasteiger charge is -2.05. The Bertz CT molecular complexity index is 400. The SMILES string of the molecule is O=[N+]([O-])c1c(C(F)F)cnc(F)c1CCl. The zero-order valence-electron chi connectivity index (χ0n) is 7.08. The number of hydrogen-bond acceptors (Lipinski definition) is 3. The van der Waals surface area contributed by atoms with Gasteiger partial charge in [-0.05, 0) is 0 Å². The first kappa shape index (κ1) is 11.7. The summed E-state index contributed by atoms with van der Waals surface area (Å²) in [5, 5.41) is 10.5. The highest BCUT2D eigenvalue weighted by atomic mass is 35.5. The molecule has 0 fully saturated rings. The van der Waals surface area contributed by atoms with Gasteiger partial charge in [0.25, 0.3) is 12.1 Å². The number of nitro groups is 1. The molecule has 0 spiro atoms. The van der Waals surface area contributed by atoms with Gasteiger partial charge in [-0.3, -0.25) is 10.1 Å². The third kappa shape index (κ3) is 2.17. The van der Waals surface area contributed by atoms with Crippen LogP contribution in [0.15, 0.2) is 6.20 Å². The average Bonchev–Trinajstić information content (AvgIpc) is 2.16. The largest absolute Gasteiger partial charge is 0.288 e. The molecule has 0 saturated heterocycles. The Balaban J connectivity index is 3.49. The molecule has 0 unspecified atom stereocenters. The second-order valence-electron chi connectivity index (χ2n) is 2.52. The van der Waals surface area contributed by atoms with Gasteiger partial charge >= 0.3 is 0 Å². The first-order valence-corrected chi connectivity index (χ1v) is 4.18. The van der Waals surface area contributed by atoms with E-state index < -0.39 is 40.0 Å². The molecule has 82 valence electrons. The minimum absolute atomic E-state index is 0.439. The van der Waals surface area contributed by atoms with Crippen LogP contribution in [0.25, 0.3) is 0 Å². The number of alkyl halides is 3. The Morgan fingerprint density at radius 2 is 2.20 bits per heavy atom. The van der Waals surface area contributed by atoms with E-state index >= 15 is 0 Å². The zero-order valence-corrected chi connectivity index (χ0v) is 7.84. The molecule has 1 heterocycles. The Hall–Kier alpha value is -1.37. The number of aromatic nitrogens is 1. The van der Waals surface area contributed by atoms with Crippen LogP contribution in [0, 0.1) is 16.1 Å². The highest BCUT2D eigenvalue weighted by Gasteiger charge is 2.28. The second kappa shape index (κ2) is 4.43. The van der Waals surface area contributed by atoms with Crippen LogP contribution in [0.3, 0.4) is 0 Å². The van der Waals surface area contributed by atoms with Gasteiger partial charge in [-0.2, -0.15) is 4.39 Å². The molecule has 0 aliphatic carbocycles. The van der Waals surface area contributed by atoms with Crippen molar-refractivity contribution < 1.29 is 18.1 Å². The van der Waals surface area contributed by atoms with Gasteiger partial charge in [0, 0.05) is 6.20 Å². The first-order chi connectivity index (χ1) is 6.99. The highest BCUT2D eigenvalue weighted by Crippen LogP contribution is 2.32. The van der Waals surface area contributed by atoms with E-state index in [1.165, 1.54) is 0 Å². The van der Waals surface area contributed by atoms with Gasteiger partial charge in [-0.1, -0.05) is 0 Å². The average molecular weight is 241 g/mol. The molecular formula is C7H4ClF3N2O2. The van der Waals surface area contributed by atoms with E-state index in [0.29, 0.717) is 6.20 Å². The quantitative estimate of drug-likeness (QED) is 0.353. The summed E-state index contributed by atoms with van der Waals surface area (Å²) in [7, 11) is 0. The Morgan fingerprint density at radius 3 is 2.60 bits per heavy atom. The van der Waals surface area contributed by atoms with Crippen molar-refractivity contribution in [1.29, 1.82) is 0 Å². The van der Waals surface area contributed by atoms with Crippen molar-refractivity contribution in [2.45, 2.75) is 12.3 Å². The summed E-state index contributed by atoms with van der Waals surface area (Å²) in [4.78, 5) is 12.4. The highest BCUT2D eigenvalue weighted by molar-refractivity contribution is 6.17. The predicted molar refractivity (Wildman–Crippen MR) is 45.4 cm³/mol. The predicted octanol–water partition coefficient (Wildman–Crippen LogP) is 2.81. The van der Waals surface area contributed by atoms with E-state index in [-0.39, 0.29) is 0 Å². The molecule has 15 heavy (non-hydrogen) atoms. The summed E-state index contributed by atoms with van der Waals surface area (Å²) in [6.45, 7) is 0. The van der Waals surface area contributed by atoms with Crippen LogP contribution in [-0.2, 0) is 5.88 Å². The fraction of sp³-hybridized carbons (Fsp3) is 0.286. The summed E-state index contributed by atoms with van der Waals surface area (Å²) in [6, 6.07) is 0. The molecule has 0 radical (unpaired) electrons. The van der Waals surface area contributed by atoms with E-state index in [1.807, 2.05) is 0 Å². The van der Waals surface area contributed by atoms with Gasteiger partial charge in [-0.15, -0.1) is 11.6 Å². The Labute approximate surface area is 86.8 Å². The molecule has 0 saturated carbocycles. The maximum absolute atomic E-state index is 12.9. The van der Waals surface area contributed by atoms with Crippen LogP contribution in [0.1, 0.15) is 17.6 Å². The normalized spacial score (nSPS) is 10.7. The summed E-state index contributed by atoms with van der Waals surface area (Å²) in [6.07, 6.45) is -2.66. The molecule has 0 aromatic carbocycles. The van der Waals surface area contributed by atoms with Gasteiger partial charge in [0.1, 0.15) is 11.1 Å². The van der Waals surface area contributed by atoms with Crippen molar-refractivity contribution >= 4 is 17.3 Å². The summed E-state index contributed by atoms with van der Waals surface area (Å²) < 4.78 is 37.6. The molecule has 1 aromatic rings. The van der Waals surface area contributed by atoms with Crippen LogP contribution in [0.2, 0.25) is 0 Å². The van der Waals surface area contributed by atoms with E-state index in [9.17, 15) is 23.3 Å². The molecule has 0 aliphatic heterocycles. The molecule has 0 atom stereocenters. The Morgan fingerprint density at radius 1 is 1.60 bits per heavy atom. The molecular weight excluding hydrogens is 237 g/mol. The van der Waals surface area contributed by atoms with Crippen molar-refractivity contribution in [1.82, 2.24) is 4.98 Å². The van der Waals surface area contributed by atoms with Gasteiger partial charge < -0.3 is 0 Å². The minimum Gasteiger partial charge on any atom is -0.258 e. The van der Waals surface area contributed by atoms with Crippen molar-refractivity contribution in [3.05, 3.63) is 33.4 Å². The lowest BCUT2D eigenvalue weighted by molar-refractivity contribution is -0.387. The summed E-state index contributed by atoms with van der Waals surface area (Å²) >= 11 is 5.23. The number of hydrogen-bond donors (Lipinski definition) is 0. The lowest BCUT2D eigenvalue weighted by atomic mass is 10.1. The van der Waals surface area contributed by atoms with E-state index in [4.69, 9.17) is 11.6 Å². The summed E-state index contributed by atoms with van der Waals surface area (Å²) in [5.74, 6) is -1.79. The molecule has 0 N–H and O–H groups in total. The second-order valence-corrected chi connectivity index (χ2v) is 2.79. The number of rotatable bonds is 3. The maximum Gasteiger partial charge on any atom is 0.288 e. The zero-order chi connectivity index (χ0) is 11.6. The van der Waals surface area contributed by atoms with Crippen LogP contribution in [0.5, 0.6) is 0 Å². The molecule has 0 bridgehead atoms. The van der Waals surface area contributed by atoms with Gasteiger partial charge in [0.05, 0.1) is 10.8 Å². The van der Waals surface area contributed by atoms with E-state index in [2.05, 4.69) is 4.98 Å². The van der Waals surface area contributed by atoms with Crippen molar-refractivity contribution in [2.75, 3.05) is 0 Å². The third-order valence-electron chi connectivity index (χ3n) is 1.68. The number of nitrogens with zero attached hydrogens (tertiary/aromatic N) is 2. The molecule has 0 amide bonds. The topological polar surface area (TPSA) is 56.0 Å². The smallest absolute Gasteiger partial charge is 0.258 e. The fourth-order valence-electron chi connectivity index (χ4n) is 1.03. The van der Waals surface area contributed by atoms with Crippen LogP contribution in [0.4, 0.5) is 18.9 Å². The van der Waals surface area contributed by atoms with Crippen LogP contribution in [-0.4, -0.2) is 9.91 Å². The monoisotopic (exact) mass is 240 g/mol. The van der Waals surface area contributed by atoms with Gasteiger partial charge in [0.2, 0.25) is 5.95 Å². The van der Waals surface area contributed by atoms with E-state index in [0.717, 1.165) is 0 Å². The van der Waals surface area contributed by atoms with Gasteiger partial charge in [-0.25, -0.2) is 13.8 Å². The standard InChI is InChI=1S/C7H4ClF3N2O2/c8-1-3-5(13(14)15)4(6(9)10)2-12-7(3)11/h2,6H,1H2. The number of pyridine rings is 1. The molecule has 1 aromatic heterocycles. The summed E-state index contributed by atoms with van der Waals surface area (Å²) in [5.41, 5.74) is -2.57. The van der Waals surface area contributed by atoms with Crippen molar-refractivity contribution in [3.8, 4) is 0 Å². The van der Waals surface area contributed by atoms with E-state index in [1.54, 1.807) is 0 Å². The lowest BCUT2D eigenvalue weighted by Crippen LogP contribution is -2.04. The first-order valence-electron chi connectivity index (χ1n) is 3.64. The fourth-order valence-corrected chi connectivity index (χ4v) is 1.27. The minimum atomic E-state index is -3.10. The maximum atomic E-state index is 12.9. The molecule has 0 aliphatic rings. The molecule has 8 heteroatoms. The number of halogens is 4.